The molecule has 0 spiro atoms. The van der Waals surface area contributed by atoms with E-state index in [4.69, 9.17) is 9.40 Å². The maximum absolute atomic E-state index is 6.50. The predicted octanol–water partition coefficient (Wildman–Crippen LogP) is 14.4. The van der Waals surface area contributed by atoms with Crippen molar-refractivity contribution < 1.29 is 4.42 Å². The van der Waals surface area contributed by atoms with Crippen molar-refractivity contribution in [3.8, 4) is 22.3 Å². The first-order valence-corrected chi connectivity index (χ1v) is 18.4. The van der Waals surface area contributed by atoms with Crippen LogP contribution in [0.3, 0.4) is 0 Å². The second-order valence-electron chi connectivity index (χ2n) is 13.9. The summed E-state index contributed by atoms with van der Waals surface area (Å²) in [5.74, 6) is 0. The van der Waals surface area contributed by atoms with Crippen LogP contribution in [0.2, 0.25) is 0 Å². The van der Waals surface area contributed by atoms with Gasteiger partial charge in [-0.3, -0.25) is 4.98 Å². The van der Waals surface area contributed by atoms with Crippen LogP contribution in [0.5, 0.6) is 0 Å². The van der Waals surface area contributed by atoms with Crippen molar-refractivity contribution in [2.45, 2.75) is 0 Å². The quantitative estimate of drug-likeness (QED) is 0.169. The molecule has 54 heavy (non-hydrogen) atoms. The van der Waals surface area contributed by atoms with Gasteiger partial charge in [-0.25, -0.2) is 0 Å². The summed E-state index contributed by atoms with van der Waals surface area (Å²) in [7, 11) is 0. The molecule has 3 heteroatoms. The third-order valence-corrected chi connectivity index (χ3v) is 10.9. The van der Waals surface area contributed by atoms with E-state index in [1.165, 1.54) is 49.0 Å². The van der Waals surface area contributed by atoms with Crippen LogP contribution in [0.15, 0.2) is 199 Å². The van der Waals surface area contributed by atoms with Crippen LogP contribution in [-0.2, 0) is 0 Å². The number of aromatic nitrogens is 1. The fourth-order valence-corrected chi connectivity index (χ4v) is 8.38. The lowest BCUT2D eigenvalue weighted by Crippen LogP contribution is -2.11. The summed E-state index contributed by atoms with van der Waals surface area (Å²) < 4.78 is 6.50. The van der Waals surface area contributed by atoms with E-state index in [1.807, 2.05) is 24.4 Å². The number of fused-ring (bicyclic) bond motifs is 9. The van der Waals surface area contributed by atoms with Crippen molar-refractivity contribution in [1.29, 1.82) is 0 Å². The fraction of sp³-hybridized carbons (Fsp3) is 0. The average molecular weight is 689 g/mol. The van der Waals surface area contributed by atoms with Crippen molar-refractivity contribution in [1.82, 2.24) is 4.98 Å². The van der Waals surface area contributed by atoms with Gasteiger partial charge >= 0.3 is 0 Å². The van der Waals surface area contributed by atoms with Gasteiger partial charge in [-0.15, -0.1) is 0 Å². The molecular formula is C51H32N2O. The second kappa shape index (κ2) is 12.2. The number of hydrogen-bond acceptors (Lipinski definition) is 3. The second-order valence-corrected chi connectivity index (χ2v) is 13.9. The van der Waals surface area contributed by atoms with E-state index >= 15 is 0 Å². The molecule has 3 nitrogen and oxygen atoms in total. The van der Waals surface area contributed by atoms with Crippen LogP contribution in [0.1, 0.15) is 0 Å². The first kappa shape index (κ1) is 30.4. The zero-order chi connectivity index (χ0) is 35.6. The Morgan fingerprint density at radius 3 is 1.94 bits per heavy atom. The minimum absolute atomic E-state index is 0.853. The summed E-state index contributed by atoms with van der Waals surface area (Å²) in [5, 5.41) is 10.6. The summed E-state index contributed by atoms with van der Waals surface area (Å²) in [6.07, 6.45) is 1.87. The molecule has 0 atom stereocenters. The number of pyridine rings is 1. The van der Waals surface area contributed by atoms with Gasteiger partial charge in [0.25, 0.3) is 0 Å². The average Bonchev–Trinajstić information content (AvgIpc) is 3.62. The zero-order valence-electron chi connectivity index (χ0n) is 29.3. The maximum Gasteiger partial charge on any atom is 0.144 e. The van der Waals surface area contributed by atoms with E-state index in [2.05, 4.69) is 175 Å². The molecule has 0 aliphatic heterocycles. The Bertz CT molecular complexity index is 3230. The van der Waals surface area contributed by atoms with Crippen LogP contribution < -0.4 is 4.90 Å². The monoisotopic (exact) mass is 688 g/mol. The Morgan fingerprint density at radius 1 is 0.389 bits per heavy atom. The van der Waals surface area contributed by atoms with Crippen molar-refractivity contribution in [3.05, 3.63) is 194 Å². The lowest BCUT2D eigenvalue weighted by atomic mass is 9.93. The summed E-state index contributed by atoms with van der Waals surface area (Å²) in [5.41, 5.74) is 10.4. The smallest absolute Gasteiger partial charge is 0.144 e. The van der Waals surface area contributed by atoms with Crippen LogP contribution in [-0.4, -0.2) is 4.98 Å². The first-order valence-electron chi connectivity index (χ1n) is 18.4. The molecule has 0 bridgehead atoms. The summed E-state index contributed by atoms with van der Waals surface area (Å²) in [6.45, 7) is 0. The Hall–Kier alpha value is -7.23. The van der Waals surface area contributed by atoms with E-state index in [9.17, 15) is 0 Å². The molecule has 0 saturated carbocycles. The molecule has 0 aliphatic rings. The highest BCUT2D eigenvalue weighted by Crippen LogP contribution is 2.45. The van der Waals surface area contributed by atoms with Crippen LogP contribution in [0.25, 0.3) is 87.4 Å². The predicted molar refractivity (Wildman–Crippen MR) is 227 cm³/mol. The minimum atomic E-state index is 0.853. The molecule has 0 radical (unpaired) electrons. The number of hydrogen-bond donors (Lipinski definition) is 0. The molecule has 0 unspecified atom stereocenters. The lowest BCUT2D eigenvalue weighted by molar-refractivity contribution is 0.672. The van der Waals surface area contributed by atoms with Gasteiger partial charge in [-0.2, -0.15) is 0 Å². The SMILES string of the molecule is c1cc(-c2cccc3ccccc23)cc(N(c2ccc(-c3cc4ccccc4c4ccccc34)cc2)c2cc3c4ccccc4oc3c3cccnc23)c1. The molecule has 9 aromatic carbocycles. The Labute approximate surface area is 312 Å². The molecule has 0 amide bonds. The van der Waals surface area contributed by atoms with Crippen LogP contribution in [0, 0.1) is 0 Å². The zero-order valence-corrected chi connectivity index (χ0v) is 29.3. The Morgan fingerprint density at radius 2 is 1.07 bits per heavy atom. The molecule has 2 aromatic heterocycles. The molecule has 0 fully saturated rings. The van der Waals surface area contributed by atoms with E-state index in [1.54, 1.807) is 0 Å². The third kappa shape index (κ3) is 4.79. The summed E-state index contributed by atoms with van der Waals surface area (Å²) in [4.78, 5) is 7.38. The summed E-state index contributed by atoms with van der Waals surface area (Å²) >= 11 is 0. The third-order valence-electron chi connectivity index (χ3n) is 10.9. The molecule has 0 saturated heterocycles. The molecular weight excluding hydrogens is 657 g/mol. The number of nitrogens with zero attached hydrogens (tertiary/aromatic N) is 2. The normalized spacial score (nSPS) is 11.7. The largest absolute Gasteiger partial charge is 0.455 e. The Balaban J connectivity index is 1.15. The van der Waals surface area contributed by atoms with E-state index < -0.39 is 0 Å². The first-order chi connectivity index (χ1) is 26.8. The number of anilines is 3. The highest BCUT2D eigenvalue weighted by Gasteiger charge is 2.22. The molecule has 11 rings (SSSR count). The summed E-state index contributed by atoms with van der Waals surface area (Å²) in [6, 6.07) is 67.4. The molecule has 0 N–H and O–H groups in total. The van der Waals surface area contributed by atoms with E-state index in [0.717, 1.165) is 55.5 Å². The van der Waals surface area contributed by atoms with Gasteiger partial charge in [-0.1, -0.05) is 133 Å². The van der Waals surface area contributed by atoms with Crippen molar-refractivity contribution in [2.24, 2.45) is 0 Å². The van der Waals surface area contributed by atoms with Gasteiger partial charge in [0.05, 0.1) is 11.2 Å². The van der Waals surface area contributed by atoms with Gasteiger partial charge in [0, 0.05) is 33.7 Å². The molecule has 0 aliphatic carbocycles. The van der Waals surface area contributed by atoms with E-state index in [-0.39, 0.29) is 0 Å². The number of benzene rings is 9. The van der Waals surface area contributed by atoms with Crippen molar-refractivity contribution in [2.75, 3.05) is 4.90 Å². The van der Waals surface area contributed by atoms with Gasteiger partial charge < -0.3 is 9.32 Å². The maximum atomic E-state index is 6.50. The van der Waals surface area contributed by atoms with Crippen LogP contribution >= 0.6 is 0 Å². The standard InChI is InChI=1S/C51H32N2O/c1-3-17-39-33(12-1)14-10-22-40(39)35-15-9-16-38(30-35)53(48-32-47-44-21-7-8-24-49(44)54-51(47)45-23-11-29-52-50(45)48)37-27-25-34(26-28-37)46-31-36-13-2-4-18-41(36)42-19-5-6-20-43(42)46/h1-32H. The van der Waals surface area contributed by atoms with E-state index in [0.29, 0.717) is 0 Å². The number of furan rings is 1. The number of rotatable bonds is 5. The highest BCUT2D eigenvalue weighted by molar-refractivity contribution is 6.19. The molecule has 2 heterocycles. The van der Waals surface area contributed by atoms with Gasteiger partial charge in [0.2, 0.25) is 0 Å². The fourth-order valence-electron chi connectivity index (χ4n) is 8.38. The van der Waals surface area contributed by atoms with Crippen molar-refractivity contribution >= 4 is 82.2 Å². The van der Waals surface area contributed by atoms with Crippen LogP contribution in [0.4, 0.5) is 17.1 Å². The van der Waals surface area contributed by atoms with Gasteiger partial charge in [-0.05, 0) is 109 Å². The topological polar surface area (TPSA) is 29.3 Å². The van der Waals surface area contributed by atoms with Crippen molar-refractivity contribution in [3.63, 3.8) is 0 Å². The van der Waals surface area contributed by atoms with Gasteiger partial charge in [0.15, 0.2) is 0 Å². The minimum Gasteiger partial charge on any atom is -0.455 e. The highest BCUT2D eigenvalue weighted by atomic mass is 16.3. The Kier molecular flexibility index (Phi) is 6.86. The lowest BCUT2D eigenvalue weighted by Gasteiger charge is -2.27. The molecule has 252 valence electrons. The van der Waals surface area contributed by atoms with Gasteiger partial charge in [0.1, 0.15) is 11.2 Å². The molecule has 11 aromatic rings. The number of para-hydroxylation sites is 1.